The number of hydrogen-bond donors (Lipinski definition) is 2. The molecular weight excluding hydrogens is 330 g/mol. The molecular formula is C21H25NO4. The van der Waals surface area contributed by atoms with Crippen molar-refractivity contribution in [3.63, 3.8) is 0 Å². The van der Waals surface area contributed by atoms with Crippen LogP contribution in [0.4, 0.5) is 10.5 Å². The van der Waals surface area contributed by atoms with Crippen LogP contribution < -0.4 is 5.32 Å². The molecule has 26 heavy (non-hydrogen) atoms. The lowest BCUT2D eigenvalue weighted by molar-refractivity contribution is 0.0697. The van der Waals surface area contributed by atoms with Crippen LogP contribution in [0.5, 0.6) is 0 Å². The van der Waals surface area contributed by atoms with Crippen LogP contribution >= 0.6 is 0 Å². The molecule has 0 unspecified atom stereocenters. The highest BCUT2D eigenvalue weighted by molar-refractivity contribution is 6.01. The number of carbonyl (C=O) groups is 2. The topological polar surface area (TPSA) is 75.6 Å². The number of nitrogens with one attached hydrogen (secondary N) is 1. The molecule has 138 valence electrons. The number of aromatic carboxylic acids is 1. The fourth-order valence-corrected chi connectivity index (χ4v) is 2.84. The van der Waals surface area contributed by atoms with Gasteiger partial charge in [0.1, 0.15) is 0 Å². The summed E-state index contributed by atoms with van der Waals surface area (Å²) in [5.41, 5.74) is 3.78. The number of ether oxygens (including phenoxy) is 1. The summed E-state index contributed by atoms with van der Waals surface area (Å²) in [6.45, 7) is 10.2. The van der Waals surface area contributed by atoms with Gasteiger partial charge in [-0.25, -0.2) is 9.59 Å². The maximum atomic E-state index is 12.0. The van der Waals surface area contributed by atoms with E-state index in [-0.39, 0.29) is 17.6 Å². The van der Waals surface area contributed by atoms with E-state index in [0.717, 1.165) is 11.1 Å². The van der Waals surface area contributed by atoms with Crippen LogP contribution in [0.15, 0.2) is 36.4 Å². The van der Waals surface area contributed by atoms with Crippen molar-refractivity contribution in [3.05, 3.63) is 53.1 Å². The standard InChI is InChI=1S/C21H25NO4/c1-6-26-20(25)22-17-12-14(21(3,4)5)11-13(2)18(17)15-9-7-8-10-16(15)19(23)24/h7-12H,6H2,1-5H3,(H,22,25)(H,23,24). The second-order valence-corrected chi connectivity index (χ2v) is 7.16. The van der Waals surface area contributed by atoms with Gasteiger partial charge in [-0.3, -0.25) is 5.32 Å². The Morgan fingerprint density at radius 2 is 1.81 bits per heavy atom. The normalized spacial score (nSPS) is 11.1. The SMILES string of the molecule is CCOC(=O)Nc1cc(C(C)(C)C)cc(C)c1-c1ccccc1C(=O)O. The van der Waals surface area contributed by atoms with E-state index in [1.165, 1.54) is 0 Å². The van der Waals surface area contributed by atoms with Gasteiger partial charge >= 0.3 is 12.1 Å². The average molecular weight is 355 g/mol. The fourth-order valence-electron chi connectivity index (χ4n) is 2.84. The second-order valence-electron chi connectivity index (χ2n) is 7.16. The molecule has 0 saturated carbocycles. The van der Waals surface area contributed by atoms with E-state index in [0.29, 0.717) is 16.8 Å². The third kappa shape index (κ3) is 4.23. The van der Waals surface area contributed by atoms with Crippen LogP contribution in [-0.4, -0.2) is 23.8 Å². The Labute approximate surface area is 154 Å². The molecule has 0 radical (unpaired) electrons. The number of carboxylic acid groups (broad SMARTS) is 1. The van der Waals surface area contributed by atoms with Gasteiger partial charge in [-0.2, -0.15) is 0 Å². The van der Waals surface area contributed by atoms with Crippen molar-refractivity contribution in [2.75, 3.05) is 11.9 Å². The summed E-state index contributed by atoms with van der Waals surface area (Å²) in [6, 6.07) is 10.7. The monoisotopic (exact) mass is 355 g/mol. The lowest BCUT2D eigenvalue weighted by atomic mass is 9.83. The second kappa shape index (κ2) is 7.60. The van der Waals surface area contributed by atoms with Crippen molar-refractivity contribution in [1.29, 1.82) is 0 Å². The van der Waals surface area contributed by atoms with Crippen LogP contribution in [0.25, 0.3) is 11.1 Å². The molecule has 0 fully saturated rings. The number of benzene rings is 2. The summed E-state index contributed by atoms with van der Waals surface area (Å²) < 4.78 is 5.01. The molecule has 2 aromatic rings. The Balaban J connectivity index is 2.72. The van der Waals surface area contributed by atoms with Gasteiger partial charge in [-0.05, 0) is 48.1 Å². The van der Waals surface area contributed by atoms with E-state index in [9.17, 15) is 14.7 Å². The Morgan fingerprint density at radius 3 is 2.38 bits per heavy atom. The van der Waals surface area contributed by atoms with Crippen molar-refractivity contribution in [2.45, 2.75) is 40.0 Å². The van der Waals surface area contributed by atoms with Crippen molar-refractivity contribution in [1.82, 2.24) is 0 Å². The molecule has 0 atom stereocenters. The number of carboxylic acids is 1. The van der Waals surface area contributed by atoms with Gasteiger partial charge in [0.05, 0.1) is 17.9 Å². The predicted molar refractivity (Wildman–Crippen MR) is 103 cm³/mol. The molecule has 2 rings (SSSR count). The third-order valence-corrected chi connectivity index (χ3v) is 4.14. The van der Waals surface area contributed by atoms with Gasteiger partial charge in [0.2, 0.25) is 0 Å². The first-order valence-corrected chi connectivity index (χ1v) is 8.56. The van der Waals surface area contributed by atoms with Gasteiger partial charge < -0.3 is 9.84 Å². The Kier molecular flexibility index (Phi) is 5.70. The summed E-state index contributed by atoms with van der Waals surface area (Å²) in [4.78, 5) is 23.7. The Hall–Kier alpha value is -2.82. The molecule has 2 aromatic carbocycles. The quantitative estimate of drug-likeness (QED) is 0.788. The minimum Gasteiger partial charge on any atom is -0.478 e. The Morgan fingerprint density at radius 1 is 1.15 bits per heavy atom. The van der Waals surface area contributed by atoms with Gasteiger partial charge in [0, 0.05) is 5.56 Å². The smallest absolute Gasteiger partial charge is 0.411 e. The first-order valence-electron chi connectivity index (χ1n) is 8.56. The van der Waals surface area contributed by atoms with E-state index in [1.54, 1.807) is 31.2 Å². The molecule has 5 heteroatoms. The molecule has 0 aliphatic rings. The largest absolute Gasteiger partial charge is 0.478 e. The molecule has 0 bridgehead atoms. The van der Waals surface area contributed by atoms with Gasteiger partial charge in [0.25, 0.3) is 0 Å². The molecule has 0 aliphatic carbocycles. The van der Waals surface area contributed by atoms with E-state index in [2.05, 4.69) is 26.1 Å². The number of amides is 1. The van der Waals surface area contributed by atoms with Gasteiger partial charge in [0.15, 0.2) is 0 Å². The molecule has 1 amide bonds. The number of rotatable bonds is 4. The summed E-state index contributed by atoms with van der Waals surface area (Å²) in [7, 11) is 0. The van der Waals surface area contributed by atoms with Crippen LogP contribution in [0, 0.1) is 6.92 Å². The molecule has 5 nitrogen and oxygen atoms in total. The van der Waals surface area contributed by atoms with E-state index < -0.39 is 12.1 Å². The van der Waals surface area contributed by atoms with Crippen molar-refractivity contribution < 1.29 is 19.4 Å². The zero-order valence-electron chi connectivity index (χ0n) is 15.8. The van der Waals surface area contributed by atoms with E-state index in [4.69, 9.17) is 4.74 Å². The van der Waals surface area contributed by atoms with Gasteiger partial charge in [-0.15, -0.1) is 0 Å². The average Bonchev–Trinajstić information content (AvgIpc) is 2.54. The van der Waals surface area contributed by atoms with E-state index in [1.807, 2.05) is 19.1 Å². The summed E-state index contributed by atoms with van der Waals surface area (Å²) in [5.74, 6) is -1.01. The highest BCUT2D eigenvalue weighted by Gasteiger charge is 2.22. The molecule has 2 N–H and O–H groups in total. The minimum atomic E-state index is -1.01. The maximum absolute atomic E-state index is 12.0. The van der Waals surface area contributed by atoms with Crippen LogP contribution in [0.2, 0.25) is 0 Å². The van der Waals surface area contributed by atoms with Crippen molar-refractivity contribution in [2.24, 2.45) is 0 Å². The lowest BCUT2D eigenvalue weighted by Gasteiger charge is -2.24. The fraction of sp³-hybridized carbons (Fsp3) is 0.333. The Bertz CT molecular complexity index is 834. The molecule has 0 spiro atoms. The predicted octanol–water partition coefficient (Wildman–Crippen LogP) is 5.23. The number of hydrogen-bond acceptors (Lipinski definition) is 3. The highest BCUT2D eigenvalue weighted by Crippen LogP contribution is 2.38. The zero-order valence-corrected chi connectivity index (χ0v) is 15.8. The molecule has 0 heterocycles. The molecule has 0 aromatic heterocycles. The van der Waals surface area contributed by atoms with Crippen LogP contribution in [-0.2, 0) is 10.2 Å². The van der Waals surface area contributed by atoms with Crippen molar-refractivity contribution >= 4 is 17.7 Å². The highest BCUT2D eigenvalue weighted by atomic mass is 16.5. The lowest BCUT2D eigenvalue weighted by Crippen LogP contribution is -2.17. The van der Waals surface area contributed by atoms with Crippen molar-refractivity contribution in [3.8, 4) is 11.1 Å². The number of aryl methyl sites for hydroxylation is 1. The summed E-state index contributed by atoms with van der Waals surface area (Å²) in [6.07, 6.45) is -0.563. The maximum Gasteiger partial charge on any atom is 0.411 e. The van der Waals surface area contributed by atoms with Crippen LogP contribution in [0.3, 0.4) is 0 Å². The molecule has 0 aliphatic heterocycles. The van der Waals surface area contributed by atoms with Gasteiger partial charge in [-0.1, -0.05) is 45.0 Å². The number of anilines is 1. The number of carbonyl (C=O) groups excluding carboxylic acids is 1. The molecule has 0 saturated heterocycles. The zero-order chi connectivity index (χ0) is 19.5. The van der Waals surface area contributed by atoms with Crippen LogP contribution in [0.1, 0.15) is 49.2 Å². The first kappa shape index (κ1) is 19.5. The third-order valence-electron chi connectivity index (χ3n) is 4.14. The summed E-state index contributed by atoms with van der Waals surface area (Å²) >= 11 is 0. The minimum absolute atomic E-state index is 0.124. The first-order chi connectivity index (χ1) is 12.1. The summed E-state index contributed by atoms with van der Waals surface area (Å²) in [5, 5.41) is 12.3. The van der Waals surface area contributed by atoms with E-state index >= 15 is 0 Å².